The average Bonchev–Trinajstić information content (AvgIpc) is 2.50. The number of aromatic nitrogens is 1. The summed E-state index contributed by atoms with van der Waals surface area (Å²) in [5.41, 5.74) is 1.79. The zero-order chi connectivity index (χ0) is 12.4. The van der Waals surface area contributed by atoms with Gasteiger partial charge in [-0.1, -0.05) is 23.8 Å². The van der Waals surface area contributed by atoms with E-state index in [9.17, 15) is 4.79 Å². The molecule has 0 atom stereocenters. The molecule has 0 saturated heterocycles. The largest absolute Gasteiger partial charge is 0.343 e. The Kier molecular flexibility index (Phi) is 3.09. The number of pyridine rings is 1. The summed E-state index contributed by atoms with van der Waals surface area (Å²) in [6, 6.07) is 3.74. The van der Waals surface area contributed by atoms with Crippen molar-refractivity contribution in [3.05, 3.63) is 40.0 Å². The maximum absolute atomic E-state index is 11.8. The van der Waals surface area contributed by atoms with E-state index in [2.05, 4.69) is 24.1 Å². The monoisotopic (exact) mass is 228 g/mol. The van der Waals surface area contributed by atoms with E-state index in [0.717, 1.165) is 17.0 Å². The molecule has 0 radical (unpaired) electrons. The van der Waals surface area contributed by atoms with E-state index in [1.807, 2.05) is 12.1 Å². The highest BCUT2D eigenvalue weighted by Crippen LogP contribution is 2.02. The molecule has 0 N–H and O–H groups in total. The lowest BCUT2D eigenvalue weighted by Gasteiger charge is -2.08. The Balaban J connectivity index is 2.55. The SMILES string of the molecule is CC1=CC=c2nc(C(=O)N(C)C)ccc2=CC1. The van der Waals surface area contributed by atoms with Crippen LogP contribution in [0.4, 0.5) is 0 Å². The predicted octanol–water partition coefficient (Wildman–Crippen LogP) is 0.694. The lowest BCUT2D eigenvalue weighted by atomic mass is 10.2. The summed E-state index contributed by atoms with van der Waals surface area (Å²) in [5.74, 6) is -0.0638. The van der Waals surface area contributed by atoms with Crippen LogP contribution in [0.25, 0.3) is 12.2 Å². The van der Waals surface area contributed by atoms with Gasteiger partial charge >= 0.3 is 0 Å². The molecule has 0 aromatic carbocycles. The maximum Gasteiger partial charge on any atom is 0.271 e. The van der Waals surface area contributed by atoms with Crippen LogP contribution in [-0.4, -0.2) is 29.9 Å². The number of allylic oxidation sites excluding steroid dienone is 2. The third-order valence-corrected chi connectivity index (χ3v) is 2.75. The third kappa shape index (κ3) is 2.44. The first-order chi connectivity index (χ1) is 8.08. The molecule has 0 spiro atoms. The Bertz CT molecular complexity index is 597. The van der Waals surface area contributed by atoms with Gasteiger partial charge in [-0.3, -0.25) is 4.79 Å². The van der Waals surface area contributed by atoms with Gasteiger partial charge in [0, 0.05) is 14.1 Å². The summed E-state index contributed by atoms with van der Waals surface area (Å²) in [6.07, 6.45) is 7.10. The van der Waals surface area contributed by atoms with Gasteiger partial charge in [-0.05, 0) is 30.7 Å². The number of rotatable bonds is 1. The van der Waals surface area contributed by atoms with E-state index in [0.29, 0.717) is 5.69 Å². The van der Waals surface area contributed by atoms with Crippen molar-refractivity contribution in [2.24, 2.45) is 0 Å². The van der Waals surface area contributed by atoms with E-state index in [4.69, 9.17) is 0 Å². The molecule has 1 aromatic rings. The molecule has 0 saturated carbocycles. The highest BCUT2D eigenvalue weighted by atomic mass is 16.2. The van der Waals surface area contributed by atoms with Crippen LogP contribution < -0.4 is 10.6 Å². The Morgan fingerprint density at radius 3 is 2.76 bits per heavy atom. The molecule has 1 heterocycles. The molecule has 3 heteroatoms. The summed E-state index contributed by atoms with van der Waals surface area (Å²) in [4.78, 5) is 17.7. The Morgan fingerprint density at radius 2 is 2.06 bits per heavy atom. The topological polar surface area (TPSA) is 33.2 Å². The summed E-state index contributed by atoms with van der Waals surface area (Å²) >= 11 is 0. The highest BCUT2D eigenvalue weighted by molar-refractivity contribution is 5.91. The molecular formula is C14H16N2O. The van der Waals surface area contributed by atoms with E-state index in [1.165, 1.54) is 10.5 Å². The lowest BCUT2D eigenvalue weighted by Crippen LogP contribution is -2.32. The zero-order valence-corrected chi connectivity index (χ0v) is 10.4. The molecule has 3 nitrogen and oxygen atoms in total. The first-order valence-electron chi connectivity index (χ1n) is 5.64. The summed E-state index contributed by atoms with van der Waals surface area (Å²) in [5, 5.41) is 1.96. The molecule has 0 fully saturated rings. The van der Waals surface area contributed by atoms with Crippen LogP contribution in [0.5, 0.6) is 0 Å². The molecular weight excluding hydrogens is 212 g/mol. The fraction of sp³-hybridized carbons (Fsp3) is 0.286. The van der Waals surface area contributed by atoms with Gasteiger partial charge in [-0.15, -0.1) is 0 Å². The predicted molar refractivity (Wildman–Crippen MR) is 68.8 cm³/mol. The minimum atomic E-state index is -0.0638. The number of fused-ring (bicyclic) bond motifs is 1. The first kappa shape index (κ1) is 11.6. The number of hydrogen-bond acceptors (Lipinski definition) is 2. The molecule has 1 amide bonds. The third-order valence-electron chi connectivity index (χ3n) is 2.75. The minimum absolute atomic E-state index is 0.0638. The summed E-state index contributed by atoms with van der Waals surface area (Å²) in [6.45, 7) is 2.09. The van der Waals surface area contributed by atoms with Gasteiger partial charge < -0.3 is 4.90 Å². The number of amides is 1. The minimum Gasteiger partial charge on any atom is -0.343 e. The summed E-state index contributed by atoms with van der Waals surface area (Å²) < 4.78 is 0. The van der Waals surface area contributed by atoms with Crippen molar-refractivity contribution in [1.82, 2.24) is 9.88 Å². The Hall–Kier alpha value is -1.90. The van der Waals surface area contributed by atoms with Crippen molar-refractivity contribution >= 4 is 18.1 Å². The molecule has 2 rings (SSSR count). The molecule has 1 aromatic heterocycles. The first-order valence-corrected chi connectivity index (χ1v) is 5.64. The molecule has 88 valence electrons. The van der Waals surface area contributed by atoms with Crippen molar-refractivity contribution in [3.8, 4) is 0 Å². The quantitative estimate of drug-likeness (QED) is 0.708. The van der Waals surface area contributed by atoms with Gasteiger partial charge in [-0.25, -0.2) is 4.98 Å². The lowest BCUT2D eigenvalue weighted by molar-refractivity contribution is 0.0821. The Morgan fingerprint density at radius 1 is 1.29 bits per heavy atom. The number of carbonyl (C=O) groups excluding carboxylic acids is 1. The normalized spacial score (nSPS) is 13.7. The number of carbonyl (C=O) groups is 1. The fourth-order valence-electron chi connectivity index (χ4n) is 1.70. The second kappa shape index (κ2) is 4.53. The van der Waals surface area contributed by atoms with Crippen LogP contribution in [0, 0.1) is 0 Å². The van der Waals surface area contributed by atoms with Gasteiger partial charge in [0.1, 0.15) is 5.69 Å². The van der Waals surface area contributed by atoms with Crippen LogP contribution in [0.1, 0.15) is 23.8 Å². The molecule has 0 aliphatic heterocycles. The smallest absolute Gasteiger partial charge is 0.271 e. The molecule has 1 aliphatic carbocycles. The fourth-order valence-corrected chi connectivity index (χ4v) is 1.70. The van der Waals surface area contributed by atoms with Crippen LogP contribution in [0.15, 0.2) is 23.8 Å². The average molecular weight is 228 g/mol. The van der Waals surface area contributed by atoms with Gasteiger partial charge in [0.25, 0.3) is 5.91 Å². The summed E-state index contributed by atoms with van der Waals surface area (Å²) in [7, 11) is 3.46. The van der Waals surface area contributed by atoms with Crippen LogP contribution in [0.2, 0.25) is 0 Å². The van der Waals surface area contributed by atoms with E-state index < -0.39 is 0 Å². The zero-order valence-electron chi connectivity index (χ0n) is 10.4. The van der Waals surface area contributed by atoms with Gasteiger partial charge in [0.15, 0.2) is 0 Å². The van der Waals surface area contributed by atoms with E-state index >= 15 is 0 Å². The van der Waals surface area contributed by atoms with Crippen molar-refractivity contribution in [1.29, 1.82) is 0 Å². The second-order valence-electron chi connectivity index (χ2n) is 4.46. The number of nitrogens with zero attached hydrogens (tertiary/aromatic N) is 2. The second-order valence-corrected chi connectivity index (χ2v) is 4.46. The van der Waals surface area contributed by atoms with Crippen LogP contribution in [-0.2, 0) is 0 Å². The molecule has 0 bridgehead atoms. The highest BCUT2D eigenvalue weighted by Gasteiger charge is 2.09. The van der Waals surface area contributed by atoms with Crippen molar-refractivity contribution < 1.29 is 4.79 Å². The standard InChI is InChI=1S/C14H16N2O/c1-10-4-6-11-7-9-13(14(17)16(2)3)15-12(11)8-5-10/h5-9H,4H2,1-3H3. The molecule has 0 unspecified atom stereocenters. The van der Waals surface area contributed by atoms with Gasteiger partial charge in [-0.2, -0.15) is 0 Å². The van der Waals surface area contributed by atoms with Crippen LogP contribution in [0.3, 0.4) is 0 Å². The van der Waals surface area contributed by atoms with E-state index in [1.54, 1.807) is 20.2 Å². The van der Waals surface area contributed by atoms with E-state index in [-0.39, 0.29) is 5.91 Å². The van der Waals surface area contributed by atoms with Crippen molar-refractivity contribution in [2.45, 2.75) is 13.3 Å². The van der Waals surface area contributed by atoms with Crippen molar-refractivity contribution in [3.63, 3.8) is 0 Å². The van der Waals surface area contributed by atoms with Gasteiger partial charge in [0.2, 0.25) is 0 Å². The Labute approximate surface area is 101 Å². The van der Waals surface area contributed by atoms with Gasteiger partial charge in [0.05, 0.1) is 5.35 Å². The van der Waals surface area contributed by atoms with Crippen LogP contribution >= 0.6 is 0 Å². The van der Waals surface area contributed by atoms with Crippen molar-refractivity contribution in [2.75, 3.05) is 14.1 Å². The molecule has 1 aliphatic rings. The maximum atomic E-state index is 11.8. The number of hydrogen-bond donors (Lipinski definition) is 0. The molecule has 17 heavy (non-hydrogen) atoms.